The third-order valence-electron chi connectivity index (χ3n) is 2.70. The Morgan fingerprint density at radius 3 is 2.57 bits per heavy atom. The van der Waals surface area contributed by atoms with Crippen molar-refractivity contribution in [1.82, 2.24) is 15.2 Å². The summed E-state index contributed by atoms with van der Waals surface area (Å²) in [5.41, 5.74) is 6.08. The normalized spacial score (nSPS) is 19.7. The van der Waals surface area contributed by atoms with E-state index < -0.39 is 0 Å². The van der Waals surface area contributed by atoms with Crippen LogP contribution in [0.15, 0.2) is 0 Å². The van der Waals surface area contributed by atoms with Gasteiger partial charge in [-0.05, 0) is 18.3 Å². The topological polar surface area (TPSA) is 67.6 Å². The number of nitrogens with one attached hydrogen (secondary N) is 1. The summed E-state index contributed by atoms with van der Waals surface area (Å²) in [6.45, 7) is 6.31. The summed E-state index contributed by atoms with van der Waals surface area (Å²) in [5, 5.41) is 7.16. The maximum atomic E-state index is 6.06. The van der Waals surface area contributed by atoms with E-state index in [9.17, 15) is 0 Å². The van der Waals surface area contributed by atoms with Crippen LogP contribution in [0, 0.1) is 5.41 Å². The first kappa shape index (κ1) is 9.65. The minimum atomic E-state index is -0.0914. The Morgan fingerprint density at radius 1 is 1.43 bits per heavy atom. The van der Waals surface area contributed by atoms with E-state index in [1.807, 2.05) is 0 Å². The second kappa shape index (κ2) is 3.05. The van der Waals surface area contributed by atoms with Gasteiger partial charge >= 0.3 is 0 Å². The molecule has 1 aromatic heterocycles. The highest BCUT2D eigenvalue weighted by molar-refractivity contribution is 5.07. The number of nitrogens with two attached hydrogens (primary N) is 1. The van der Waals surface area contributed by atoms with Crippen molar-refractivity contribution in [3.8, 4) is 0 Å². The number of aromatic nitrogens is 3. The van der Waals surface area contributed by atoms with Gasteiger partial charge < -0.3 is 5.73 Å². The molecule has 3 N–H and O–H groups in total. The summed E-state index contributed by atoms with van der Waals surface area (Å²) in [5.74, 6) is 2.38. The van der Waals surface area contributed by atoms with Crippen molar-refractivity contribution in [2.45, 2.75) is 45.6 Å². The highest BCUT2D eigenvalue weighted by atomic mass is 15.2. The molecule has 1 atom stereocenters. The number of hydrogen-bond acceptors (Lipinski definition) is 3. The van der Waals surface area contributed by atoms with Crippen LogP contribution < -0.4 is 5.73 Å². The second-order valence-electron chi connectivity index (χ2n) is 5.20. The van der Waals surface area contributed by atoms with Gasteiger partial charge in [0.25, 0.3) is 0 Å². The van der Waals surface area contributed by atoms with Crippen LogP contribution in [-0.4, -0.2) is 15.2 Å². The summed E-state index contributed by atoms with van der Waals surface area (Å²) in [7, 11) is 0. The van der Waals surface area contributed by atoms with Crippen LogP contribution >= 0.6 is 0 Å². The molecule has 4 heteroatoms. The lowest BCUT2D eigenvalue weighted by Crippen LogP contribution is -2.27. The van der Waals surface area contributed by atoms with Crippen LogP contribution in [0.25, 0.3) is 0 Å². The third kappa shape index (κ3) is 1.80. The van der Waals surface area contributed by atoms with Gasteiger partial charge in [-0.1, -0.05) is 20.8 Å². The molecule has 0 spiro atoms. The number of H-pyrrole nitrogens is 1. The van der Waals surface area contributed by atoms with Crippen molar-refractivity contribution in [2.75, 3.05) is 0 Å². The Labute approximate surface area is 84.3 Å². The average Bonchev–Trinajstić information content (AvgIpc) is 2.82. The lowest BCUT2D eigenvalue weighted by molar-refractivity contribution is 0.316. The Balaban J connectivity index is 2.15. The van der Waals surface area contributed by atoms with Crippen molar-refractivity contribution in [3.05, 3.63) is 11.6 Å². The molecule has 0 unspecified atom stereocenters. The number of rotatable bonds is 2. The molecule has 1 saturated carbocycles. The summed E-state index contributed by atoms with van der Waals surface area (Å²) in [6.07, 6.45) is 2.47. The van der Waals surface area contributed by atoms with Crippen LogP contribution in [0.3, 0.4) is 0 Å². The Bertz CT molecular complexity index is 319. The molecule has 2 rings (SSSR count). The number of hydrogen-bond donors (Lipinski definition) is 2. The molecule has 0 saturated heterocycles. The summed E-state index contributed by atoms with van der Waals surface area (Å²) < 4.78 is 0. The molecule has 0 aliphatic heterocycles. The van der Waals surface area contributed by atoms with Gasteiger partial charge in [0.15, 0.2) is 5.82 Å². The molecule has 0 radical (unpaired) electrons. The fraction of sp³-hybridized carbons (Fsp3) is 0.800. The van der Waals surface area contributed by atoms with E-state index in [2.05, 4.69) is 36.0 Å². The summed E-state index contributed by atoms with van der Waals surface area (Å²) in [6, 6.07) is -0.0914. The third-order valence-corrected chi connectivity index (χ3v) is 2.70. The van der Waals surface area contributed by atoms with E-state index in [0.717, 1.165) is 11.6 Å². The molecule has 1 aromatic rings. The van der Waals surface area contributed by atoms with Gasteiger partial charge in [0.1, 0.15) is 5.82 Å². The van der Waals surface area contributed by atoms with Crippen LogP contribution in [0.5, 0.6) is 0 Å². The fourth-order valence-electron chi connectivity index (χ4n) is 1.35. The van der Waals surface area contributed by atoms with Gasteiger partial charge in [0.05, 0.1) is 6.04 Å². The van der Waals surface area contributed by atoms with Crippen LogP contribution in [0.2, 0.25) is 0 Å². The Kier molecular flexibility index (Phi) is 2.10. The molecule has 1 fully saturated rings. The lowest BCUT2D eigenvalue weighted by Gasteiger charge is -2.24. The molecule has 78 valence electrons. The van der Waals surface area contributed by atoms with Crippen LogP contribution in [0.1, 0.15) is 57.2 Å². The van der Waals surface area contributed by atoms with Gasteiger partial charge in [-0.3, -0.25) is 5.10 Å². The first-order valence-electron chi connectivity index (χ1n) is 5.16. The minimum Gasteiger partial charge on any atom is -0.321 e. The molecule has 14 heavy (non-hydrogen) atoms. The van der Waals surface area contributed by atoms with Gasteiger partial charge in [-0.2, -0.15) is 5.10 Å². The Hall–Kier alpha value is -0.900. The number of nitrogens with zero attached hydrogens (tertiary/aromatic N) is 2. The first-order valence-corrected chi connectivity index (χ1v) is 5.16. The van der Waals surface area contributed by atoms with Gasteiger partial charge in [0, 0.05) is 5.92 Å². The van der Waals surface area contributed by atoms with Crippen molar-refractivity contribution in [3.63, 3.8) is 0 Å². The first-order chi connectivity index (χ1) is 6.48. The van der Waals surface area contributed by atoms with Gasteiger partial charge in [-0.15, -0.1) is 0 Å². The largest absolute Gasteiger partial charge is 0.321 e. The molecular weight excluding hydrogens is 176 g/mol. The van der Waals surface area contributed by atoms with E-state index >= 15 is 0 Å². The average molecular weight is 194 g/mol. The Morgan fingerprint density at radius 2 is 2.07 bits per heavy atom. The van der Waals surface area contributed by atoms with E-state index in [1.165, 1.54) is 12.8 Å². The summed E-state index contributed by atoms with van der Waals surface area (Å²) in [4.78, 5) is 4.45. The lowest BCUT2D eigenvalue weighted by atomic mass is 9.87. The SMILES string of the molecule is CC(C)(C)[C@@H](N)c1n[nH]c(C2CC2)n1. The van der Waals surface area contributed by atoms with Gasteiger partial charge in [0.2, 0.25) is 0 Å². The van der Waals surface area contributed by atoms with Crippen molar-refractivity contribution in [1.29, 1.82) is 0 Å². The number of aromatic amines is 1. The standard InChI is InChI=1S/C10H18N4/c1-10(2,3)7(11)9-12-8(13-14-9)6-4-5-6/h6-7H,4-5,11H2,1-3H3,(H,12,13,14)/t7-/m0/s1. The monoisotopic (exact) mass is 194 g/mol. The highest BCUT2D eigenvalue weighted by Gasteiger charge is 2.30. The molecule has 0 bridgehead atoms. The zero-order valence-corrected chi connectivity index (χ0v) is 9.04. The maximum absolute atomic E-state index is 6.06. The quantitative estimate of drug-likeness (QED) is 0.753. The predicted octanol–water partition coefficient (Wildman–Crippen LogP) is 1.73. The van der Waals surface area contributed by atoms with E-state index in [0.29, 0.717) is 5.92 Å². The van der Waals surface area contributed by atoms with Crippen molar-refractivity contribution >= 4 is 0 Å². The van der Waals surface area contributed by atoms with Crippen LogP contribution in [-0.2, 0) is 0 Å². The fourth-order valence-corrected chi connectivity index (χ4v) is 1.35. The molecule has 1 aliphatic rings. The molecule has 4 nitrogen and oxygen atoms in total. The van der Waals surface area contributed by atoms with Crippen molar-refractivity contribution in [2.24, 2.45) is 11.1 Å². The predicted molar refractivity (Wildman–Crippen MR) is 54.7 cm³/mol. The smallest absolute Gasteiger partial charge is 0.167 e. The van der Waals surface area contributed by atoms with E-state index in [1.54, 1.807) is 0 Å². The zero-order valence-electron chi connectivity index (χ0n) is 9.04. The zero-order chi connectivity index (χ0) is 10.3. The molecule has 0 aromatic carbocycles. The van der Waals surface area contributed by atoms with Gasteiger partial charge in [-0.25, -0.2) is 4.98 Å². The maximum Gasteiger partial charge on any atom is 0.167 e. The molecular formula is C10H18N4. The molecule has 0 amide bonds. The second-order valence-corrected chi connectivity index (χ2v) is 5.20. The van der Waals surface area contributed by atoms with E-state index in [-0.39, 0.29) is 11.5 Å². The highest BCUT2D eigenvalue weighted by Crippen LogP contribution is 2.38. The summed E-state index contributed by atoms with van der Waals surface area (Å²) >= 11 is 0. The van der Waals surface area contributed by atoms with Crippen LogP contribution in [0.4, 0.5) is 0 Å². The molecule has 1 aliphatic carbocycles. The van der Waals surface area contributed by atoms with Crippen molar-refractivity contribution < 1.29 is 0 Å². The van der Waals surface area contributed by atoms with E-state index in [4.69, 9.17) is 5.73 Å². The molecule has 1 heterocycles. The minimum absolute atomic E-state index is 0.0169.